The van der Waals surface area contributed by atoms with Crippen LogP contribution in [0.15, 0.2) is 170 Å². The lowest BCUT2D eigenvalue weighted by atomic mass is 9.82. The van der Waals surface area contributed by atoms with Crippen molar-refractivity contribution in [1.82, 2.24) is 0 Å². The molecule has 0 bridgehead atoms. The molecule has 0 nitrogen and oxygen atoms in total. The Bertz CT molecular complexity index is 2210. The number of fused-ring (bicyclic) bond motifs is 3. The van der Waals surface area contributed by atoms with Crippen molar-refractivity contribution in [3.05, 3.63) is 170 Å². The monoisotopic (exact) mass is 532 g/mol. The summed E-state index contributed by atoms with van der Waals surface area (Å²) in [5.74, 6) is 0. The van der Waals surface area contributed by atoms with E-state index >= 15 is 0 Å². The van der Waals surface area contributed by atoms with Gasteiger partial charge in [-0.15, -0.1) is 0 Å². The van der Waals surface area contributed by atoms with Gasteiger partial charge in [0.2, 0.25) is 0 Å². The highest BCUT2D eigenvalue weighted by molar-refractivity contribution is 6.23. The Balaban J connectivity index is 1.56. The number of benzene rings is 8. The quantitative estimate of drug-likeness (QED) is 0.198. The summed E-state index contributed by atoms with van der Waals surface area (Å²) in [4.78, 5) is 0. The van der Waals surface area contributed by atoms with Crippen LogP contribution in [0.2, 0.25) is 0 Å². The van der Waals surface area contributed by atoms with Crippen LogP contribution in [0.5, 0.6) is 0 Å². The van der Waals surface area contributed by atoms with Crippen molar-refractivity contribution in [2.45, 2.75) is 0 Å². The minimum Gasteiger partial charge on any atom is -0.0622 e. The molecule has 0 radical (unpaired) electrons. The van der Waals surface area contributed by atoms with Crippen LogP contribution in [0.1, 0.15) is 0 Å². The fourth-order valence-electron chi connectivity index (χ4n) is 6.50. The van der Waals surface area contributed by atoms with Gasteiger partial charge in [-0.2, -0.15) is 0 Å². The molecule has 0 N–H and O–H groups in total. The second kappa shape index (κ2) is 10.2. The molecule has 0 atom stereocenters. The van der Waals surface area contributed by atoms with E-state index in [1.807, 2.05) is 0 Å². The predicted octanol–water partition coefficient (Wildman–Crippen LogP) is 11.8. The van der Waals surface area contributed by atoms with Crippen molar-refractivity contribution in [2.75, 3.05) is 0 Å². The first-order chi connectivity index (χ1) is 20.8. The van der Waals surface area contributed by atoms with Gasteiger partial charge in [-0.25, -0.2) is 0 Å². The Labute approximate surface area is 246 Å². The van der Waals surface area contributed by atoms with E-state index in [4.69, 9.17) is 0 Å². The van der Waals surface area contributed by atoms with E-state index < -0.39 is 0 Å². The summed E-state index contributed by atoms with van der Waals surface area (Å²) in [5, 5.41) is 7.56. The van der Waals surface area contributed by atoms with Crippen molar-refractivity contribution in [2.24, 2.45) is 0 Å². The summed E-state index contributed by atoms with van der Waals surface area (Å²) >= 11 is 0. The molecule has 0 fully saturated rings. The molecule has 0 amide bonds. The Morgan fingerprint density at radius 3 is 1.36 bits per heavy atom. The third-order valence-electron chi connectivity index (χ3n) is 8.43. The summed E-state index contributed by atoms with van der Waals surface area (Å²) in [6.07, 6.45) is 0. The second-order valence-corrected chi connectivity index (χ2v) is 10.9. The van der Waals surface area contributed by atoms with E-state index in [2.05, 4.69) is 170 Å². The molecule has 0 unspecified atom stereocenters. The van der Waals surface area contributed by atoms with Crippen LogP contribution in [0, 0.1) is 0 Å². The summed E-state index contributed by atoms with van der Waals surface area (Å²) in [6.45, 7) is 0. The minimum absolute atomic E-state index is 1.23. The van der Waals surface area contributed by atoms with Gasteiger partial charge in [-0.3, -0.25) is 0 Å². The SMILES string of the molecule is c1ccc(-c2ccc3c(-c4cc5ccccc5cc4-c4ccccc4)c4ccccc4c(-c4ccccc4)c3c2)cc1. The van der Waals surface area contributed by atoms with Gasteiger partial charge in [0.05, 0.1) is 0 Å². The average Bonchev–Trinajstić information content (AvgIpc) is 3.07. The second-order valence-electron chi connectivity index (χ2n) is 10.9. The molecule has 42 heavy (non-hydrogen) atoms. The van der Waals surface area contributed by atoms with Crippen molar-refractivity contribution in [1.29, 1.82) is 0 Å². The highest BCUT2D eigenvalue weighted by Gasteiger charge is 2.20. The first-order valence-corrected chi connectivity index (χ1v) is 14.5. The largest absolute Gasteiger partial charge is 0.0622 e. The molecule has 8 rings (SSSR count). The zero-order valence-electron chi connectivity index (χ0n) is 23.2. The molecule has 0 aromatic heterocycles. The van der Waals surface area contributed by atoms with E-state index in [1.54, 1.807) is 0 Å². The standard InChI is InChI=1S/C42H28/c1-4-14-29(15-5-1)34-24-25-37-39(28-34)41(31-18-8-3-9-19-31)35-22-12-13-23-36(35)42(37)40-27-33-21-11-10-20-32(33)26-38(40)30-16-6-2-7-17-30/h1-28H. The fourth-order valence-corrected chi connectivity index (χ4v) is 6.50. The average molecular weight is 533 g/mol. The summed E-state index contributed by atoms with van der Waals surface area (Å²) < 4.78 is 0. The van der Waals surface area contributed by atoms with Gasteiger partial charge in [0.25, 0.3) is 0 Å². The molecule has 8 aromatic rings. The first-order valence-electron chi connectivity index (χ1n) is 14.5. The molecular formula is C42H28. The van der Waals surface area contributed by atoms with Crippen molar-refractivity contribution < 1.29 is 0 Å². The van der Waals surface area contributed by atoms with Gasteiger partial charge in [-0.1, -0.05) is 152 Å². The fraction of sp³-hybridized carbons (Fsp3) is 0. The lowest BCUT2D eigenvalue weighted by Gasteiger charge is -2.21. The van der Waals surface area contributed by atoms with E-state index in [1.165, 1.54) is 76.8 Å². The van der Waals surface area contributed by atoms with Gasteiger partial charge >= 0.3 is 0 Å². The van der Waals surface area contributed by atoms with Crippen LogP contribution in [-0.4, -0.2) is 0 Å². The summed E-state index contributed by atoms with van der Waals surface area (Å²) in [7, 11) is 0. The van der Waals surface area contributed by atoms with Crippen LogP contribution in [0.3, 0.4) is 0 Å². The van der Waals surface area contributed by atoms with Crippen LogP contribution in [0.4, 0.5) is 0 Å². The van der Waals surface area contributed by atoms with Crippen molar-refractivity contribution in [3.8, 4) is 44.5 Å². The molecular weight excluding hydrogens is 504 g/mol. The highest BCUT2D eigenvalue weighted by Crippen LogP contribution is 2.47. The maximum absolute atomic E-state index is 2.40. The van der Waals surface area contributed by atoms with Gasteiger partial charge < -0.3 is 0 Å². The number of hydrogen-bond donors (Lipinski definition) is 0. The van der Waals surface area contributed by atoms with Gasteiger partial charge in [-0.05, 0) is 95.0 Å². The zero-order chi connectivity index (χ0) is 27.9. The topological polar surface area (TPSA) is 0 Å². The van der Waals surface area contributed by atoms with E-state index in [0.29, 0.717) is 0 Å². The van der Waals surface area contributed by atoms with Crippen molar-refractivity contribution >= 4 is 32.3 Å². The van der Waals surface area contributed by atoms with Crippen LogP contribution in [0.25, 0.3) is 76.8 Å². The van der Waals surface area contributed by atoms with Gasteiger partial charge in [0.15, 0.2) is 0 Å². The van der Waals surface area contributed by atoms with Crippen LogP contribution in [-0.2, 0) is 0 Å². The van der Waals surface area contributed by atoms with E-state index in [-0.39, 0.29) is 0 Å². The first kappa shape index (κ1) is 24.3. The molecule has 0 spiro atoms. The van der Waals surface area contributed by atoms with E-state index in [9.17, 15) is 0 Å². The van der Waals surface area contributed by atoms with Crippen molar-refractivity contribution in [3.63, 3.8) is 0 Å². The maximum Gasteiger partial charge on any atom is -0.00199 e. The van der Waals surface area contributed by atoms with Crippen LogP contribution >= 0.6 is 0 Å². The molecule has 0 saturated heterocycles. The highest BCUT2D eigenvalue weighted by atomic mass is 14.2. The molecule has 8 aromatic carbocycles. The van der Waals surface area contributed by atoms with E-state index in [0.717, 1.165) is 0 Å². The molecule has 0 heterocycles. The predicted molar refractivity (Wildman–Crippen MR) is 181 cm³/mol. The molecule has 0 aliphatic carbocycles. The lowest BCUT2D eigenvalue weighted by molar-refractivity contribution is 1.62. The molecule has 196 valence electrons. The Morgan fingerprint density at radius 1 is 0.238 bits per heavy atom. The van der Waals surface area contributed by atoms with Crippen LogP contribution < -0.4 is 0 Å². The number of rotatable bonds is 4. The normalized spacial score (nSPS) is 11.3. The molecule has 0 aliphatic heterocycles. The smallest absolute Gasteiger partial charge is 0.00199 e. The third-order valence-corrected chi connectivity index (χ3v) is 8.43. The number of hydrogen-bond acceptors (Lipinski definition) is 0. The Morgan fingerprint density at radius 2 is 0.714 bits per heavy atom. The minimum atomic E-state index is 1.23. The Hall–Kier alpha value is -5.46. The molecule has 0 heteroatoms. The molecule has 0 saturated carbocycles. The lowest BCUT2D eigenvalue weighted by Crippen LogP contribution is -1.94. The third kappa shape index (κ3) is 4.08. The zero-order valence-corrected chi connectivity index (χ0v) is 23.2. The molecule has 0 aliphatic rings. The maximum atomic E-state index is 2.40. The van der Waals surface area contributed by atoms with Gasteiger partial charge in [0.1, 0.15) is 0 Å². The Kier molecular flexibility index (Phi) is 5.90. The van der Waals surface area contributed by atoms with Gasteiger partial charge in [0, 0.05) is 0 Å². The summed E-state index contributed by atoms with van der Waals surface area (Å²) in [5.41, 5.74) is 9.98. The summed E-state index contributed by atoms with van der Waals surface area (Å²) in [6, 6.07) is 61.8.